The van der Waals surface area contributed by atoms with E-state index in [1.165, 1.54) is 0 Å². The zero-order valence-corrected chi connectivity index (χ0v) is 14.6. The predicted octanol–water partition coefficient (Wildman–Crippen LogP) is 4.73. The van der Waals surface area contributed by atoms with Crippen LogP contribution in [0.25, 0.3) is 16.9 Å². The van der Waals surface area contributed by atoms with Crippen LogP contribution in [0, 0.1) is 19.8 Å². The molecule has 0 aliphatic rings. The van der Waals surface area contributed by atoms with E-state index in [0.717, 1.165) is 45.5 Å². The highest BCUT2D eigenvalue weighted by atomic mass is 35.5. The molecule has 5 heteroatoms. The second-order valence-corrected chi connectivity index (χ2v) is 6.71. The van der Waals surface area contributed by atoms with Gasteiger partial charge in [-0.25, -0.2) is 4.98 Å². The number of hydrogen-bond donors (Lipinski definition) is 1. The lowest BCUT2D eigenvalue weighted by molar-refractivity contribution is 0.683. The fourth-order valence-electron chi connectivity index (χ4n) is 2.56. The Kier molecular flexibility index (Phi) is 4.26. The predicted molar refractivity (Wildman–Crippen MR) is 96.2 cm³/mol. The second-order valence-electron chi connectivity index (χ2n) is 6.27. The van der Waals surface area contributed by atoms with E-state index in [-0.39, 0.29) is 0 Å². The maximum Gasteiger partial charge on any atom is 0.161 e. The van der Waals surface area contributed by atoms with Gasteiger partial charge < -0.3 is 5.32 Å². The van der Waals surface area contributed by atoms with Crippen LogP contribution in [0.3, 0.4) is 0 Å². The number of halogens is 1. The number of hydrogen-bond acceptors (Lipinski definition) is 3. The summed E-state index contributed by atoms with van der Waals surface area (Å²) in [5.74, 6) is 1.54. The first-order chi connectivity index (χ1) is 11.0. The van der Waals surface area contributed by atoms with Gasteiger partial charge in [0.15, 0.2) is 5.65 Å². The molecule has 3 aromatic rings. The average Bonchev–Trinajstić information content (AvgIpc) is 2.83. The van der Waals surface area contributed by atoms with Gasteiger partial charge in [-0.2, -0.15) is 9.61 Å². The molecule has 0 radical (unpaired) electrons. The molecule has 3 rings (SSSR count). The third-order valence-corrected chi connectivity index (χ3v) is 4.01. The number of rotatable bonds is 4. The first-order valence-corrected chi connectivity index (χ1v) is 8.20. The Balaban J connectivity index is 2.13. The smallest absolute Gasteiger partial charge is 0.161 e. The highest BCUT2D eigenvalue weighted by Crippen LogP contribution is 2.27. The fraction of sp³-hybridized carbons (Fsp3) is 0.333. The first-order valence-electron chi connectivity index (χ1n) is 7.82. The summed E-state index contributed by atoms with van der Waals surface area (Å²) in [6, 6.07) is 9.79. The molecule has 1 aromatic carbocycles. The Morgan fingerprint density at radius 1 is 1.17 bits per heavy atom. The summed E-state index contributed by atoms with van der Waals surface area (Å²) >= 11 is 5.99. The number of benzene rings is 1. The molecule has 0 unspecified atom stereocenters. The molecule has 0 aliphatic carbocycles. The summed E-state index contributed by atoms with van der Waals surface area (Å²) in [7, 11) is 0. The third-order valence-electron chi connectivity index (χ3n) is 3.76. The monoisotopic (exact) mass is 328 g/mol. The number of fused-ring (bicyclic) bond motifs is 1. The molecule has 0 saturated carbocycles. The zero-order chi connectivity index (χ0) is 16.6. The van der Waals surface area contributed by atoms with Crippen LogP contribution < -0.4 is 5.32 Å². The van der Waals surface area contributed by atoms with Crippen molar-refractivity contribution in [2.75, 3.05) is 11.9 Å². The van der Waals surface area contributed by atoms with Gasteiger partial charge in [0.25, 0.3) is 0 Å². The molecule has 0 bridgehead atoms. The lowest BCUT2D eigenvalue weighted by atomic mass is 10.1. The van der Waals surface area contributed by atoms with Crippen LogP contribution in [0.5, 0.6) is 0 Å². The van der Waals surface area contributed by atoms with E-state index in [9.17, 15) is 0 Å². The van der Waals surface area contributed by atoms with Gasteiger partial charge in [0.1, 0.15) is 5.82 Å². The van der Waals surface area contributed by atoms with Crippen molar-refractivity contribution >= 4 is 23.1 Å². The van der Waals surface area contributed by atoms with Crippen LogP contribution in [0.4, 0.5) is 5.82 Å². The molecule has 0 fully saturated rings. The Morgan fingerprint density at radius 2 is 1.87 bits per heavy atom. The molecule has 0 saturated heterocycles. The topological polar surface area (TPSA) is 42.2 Å². The summed E-state index contributed by atoms with van der Waals surface area (Å²) in [6.45, 7) is 9.34. The maximum atomic E-state index is 5.99. The fourth-order valence-corrected chi connectivity index (χ4v) is 2.69. The Hall–Kier alpha value is -2.07. The van der Waals surface area contributed by atoms with Crippen LogP contribution in [0.15, 0.2) is 30.3 Å². The molecule has 1 N–H and O–H groups in total. The molecule has 0 aliphatic heterocycles. The maximum absolute atomic E-state index is 5.99. The molecular weight excluding hydrogens is 308 g/mol. The first kappa shape index (κ1) is 15.8. The summed E-state index contributed by atoms with van der Waals surface area (Å²) in [6.07, 6.45) is 0. The minimum Gasteiger partial charge on any atom is -0.370 e. The SMILES string of the molecule is Cc1cc(NCC(C)C)n2nc(-c3ccc(Cl)cc3)c(C)c2n1. The minimum absolute atomic E-state index is 0.561. The minimum atomic E-state index is 0.561. The molecule has 0 amide bonds. The molecule has 4 nitrogen and oxygen atoms in total. The van der Waals surface area contributed by atoms with Crippen LogP contribution in [-0.4, -0.2) is 21.1 Å². The summed E-state index contributed by atoms with van der Waals surface area (Å²) in [5.41, 5.74) is 4.93. The van der Waals surface area contributed by atoms with Crippen molar-refractivity contribution in [2.24, 2.45) is 5.92 Å². The molecule has 23 heavy (non-hydrogen) atoms. The Morgan fingerprint density at radius 3 is 2.52 bits per heavy atom. The third kappa shape index (κ3) is 3.17. The van der Waals surface area contributed by atoms with Crippen LogP contribution in [0.1, 0.15) is 25.1 Å². The lowest BCUT2D eigenvalue weighted by Gasteiger charge is -2.11. The van der Waals surface area contributed by atoms with Gasteiger partial charge in [-0.15, -0.1) is 0 Å². The van der Waals surface area contributed by atoms with Gasteiger partial charge in [0, 0.05) is 34.5 Å². The molecule has 0 atom stereocenters. The number of nitrogens with zero attached hydrogens (tertiary/aromatic N) is 3. The van der Waals surface area contributed by atoms with Gasteiger partial charge in [0.2, 0.25) is 0 Å². The highest BCUT2D eigenvalue weighted by molar-refractivity contribution is 6.30. The van der Waals surface area contributed by atoms with Crippen molar-refractivity contribution in [2.45, 2.75) is 27.7 Å². The van der Waals surface area contributed by atoms with E-state index in [2.05, 4.69) is 31.1 Å². The van der Waals surface area contributed by atoms with E-state index < -0.39 is 0 Å². The van der Waals surface area contributed by atoms with Gasteiger partial charge >= 0.3 is 0 Å². The van der Waals surface area contributed by atoms with Crippen molar-refractivity contribution in [3.63, 3.8) is 0 Å². The van der Waals surface area contributed by atoms with Gasteiger partial charge in [0.05, 0.1) is 5.69 Å². The van der Waals surface area contributed by atoms with Gasteiger partial charge in [-0.3, -0.25) is 0 Å². The standard InChI is InChI=1S/C18H21ClN4/c1-11(2)10-20-16-9-12(3)21-18-13(4)17(22-23(16)18)14-5-7-15(19)8-6-14/h5-9,11,20H,10H2,1-4H3. The average molecular weight is 329 g/mol. The molecule has 120 valence electrons. The largest absolute Gasteiger partial charge is 0.370 e. The second kappa shape index (κ2) is 6.20. The zero-order valence-electron chi connectivity index (χ0n) is 13.9. The van der Waals surface area contributed by atoms with Crippen molar-refractivity contribution in [1.29, 1.82) is 0 Å². The van der Waals surface area contributed by atoms with Crippen molar-refractivity contribution < 1.29 is 0 Å². The van der Waals surface area contributed by atoms with E-state index in [4.69, 9.17) is 16.7 Å². The van der Waals surface area contributed by atoms with Crippen LogP contribution in [0.2, 0.25) is 5.02 Å². The van der Waals surface area contributed by atoms with Crippen LogP contribution in [-0.2, 0) is 0 Å². The number of nitrogens with one attached hydrogen (secondary N) is 1. The van der Waals surface area contributed by atoms with Crippen molar-refractivity contribution in [1.82, 2.24) is 14.6 Å². The van der Waals surface area contributed by atoms with Crippen molar-refractivity contribution in [3.8, 4) is 11.3 Å². The summed E-state index contributed by atoms with van der Waals surface area (Å²) in [4.78, 5) is 4.66. The highest BCUT2D eigenvalue weighted by Gasteiger charge is 2.15. The molecule has 0 spiro atoms. The molecule has 2 aromatic heterocycles. The van der Waals surface area contributed by atoms with E-state index >= 15 is 0 Å². The lowest BCUT2D eigenvalue weighted by Crippen LogP contribution is -2.12. The van der Waals surface area contributed by atoms with Crippen LogP contribution >= 0.6 is 11.6 Å². The van der Waals surface area contributed by atoms with Gasteiger partial charge in [-0.05, 0) is 31.9 Å². The van der Waals surface area contributed by atoms with E-state index in [0.29, 0.717) is 5.92 Å². The molecular formula is C18H21ClN4. The van der Waals surface area contributed by atoms with E-state index in [1.54, 1.807) is 0 Å². The molecule has 2 heterocycles. The summed E-state index contributed by atoms with van der Waals surface area (Å²) < 4.78 is 1.90. The number of aryl methyl sites for hydroxylation is 2. The van der Waals surface area contributed by atoms with E-state index in [1.807, 2.05) is 41.8 Å². The quantitative estimate of drug-likeness (QED) is 0.752. The Bertz CT molecular complexity index is 834. The number of aromatic nitrogens is 3. The Labute approximate surface area is 141 Å². The summed E-state index contributed by atoms with van der Waals surface area (Å²) in [5, 5.41) is 8.97. The van der Waals surface area contributed by atoms with Gasteiger partial charge in [-0.1, -0.05) is 37.6 Å². The normalized spacial score (nSPS) is 11.4. The number of anilines is 1. The van der Waals surface area contributed by atoms with Crippen molar-refractivity contribution in [3.05, 3.63) is 46.6 Å².